The van der Waals surface area contributed by atoms with Gasteiger partial charge in [-0.25, -0.2) is 13.1 Å². The van der Waals surface area contributed by atoms with Gasteiger partial charge < -0.3 is 10.2 Å². The summed E-state index contributed by atoms with van der Waals surface area (Å²) >= 11 is 0. The smallest absolute Gasteiger partial charge is 0.320 e. The first kappa shape index (κ1) is 13.6. The molecule has 0 spiro atoms. The zero-order valence-electron chi connectivity index (χ0n) is 8.96. The van der Waals surface area contributed by atoms with Crippen LogP contribution >= 0.6 is 0 Å². The molecule has 0 aliphatic rings. The second-order valence-electron chi connectivity index (χ2n) is 3.45. The Hall–Kier alpha value is -1.44. The number of hydrogen-bond acceptors (Lipinski definition) is 4. The van der Waals surface area contributed by atoms with E-state index in [1.165, 1.54) is 0 Å². The maximum atomic E-state index is 11.2. The van der Waals surface area contributed by atoms with Crippen molar-refractivity contribution in [1.29, 1.82) is 0 Å². The Morgan fingerprint density at radius 3 is 2.18 bits per heavy atom. The van der Waals surface area contributed by atoms with E-state index in [4.69, 9.17) is 10.2 Å². The van der Waals surface area contributed by atoms with Gasteiger partial charge in [0.1, 0.15) is 0 Å². The van der Waals surface area contributed by atoms with Crippen LogP contribution in [0, 0.1) is 0 Å². The first-order chi connectivity index (χ1) is 7.93. The number of carbonyl (C=O) groups is 1. The van der Waals surface area contributed by atoms with Crippen LogP contribution in [-0.2, 0) is 28.0 Å². The first-order valence-corrected chi connectivity index (χ1v) is 6.46. The minimum Gasteiger partial charge on any atom is -0.480 e. The Bertz CT molecular complexity index is 480. The predicted octanol–water partition coefficient (Wildman–Crippen LogP) is -0.317. The van der Waals surface area contributed by atoms with Crippen molar-refractivity contribution in [3.63, 3.8) is 0 Å². The summed E-state index contributed by atoms with van der Waals surface area (Å²) in [6.45, 7) is -0.0493. The maximum absolute atomic E-state index is 11.2. The van der Waals surface area contributed by atoms with Crippen molar-refractivity contribution in [2.45, 2.75) is 13.2 Å². The third-order valence-electron chi connectivity index (χ3n) is 2.02. The van der Waals surface area contributed by atoms with Gasteiger partial charge in [0.05, 0.1) is 6.61 Å². The number of aliphatic hydroxyl groups is 1. The fourth-order valence-corrected chi connectivity index (χ4v) is 1.98. The van der Waals surface area contributed by atoms with E-state index in [1.807, 2.05) is 0 Å². The predicted molar refractivity (Wildman–Crippen MR) is 60.6 cm³/mol. The van der Waals surface area contributed by atoms with Crippen LogP contribution in [0.2, 0.25) is 0 Å². The fraction of sp³-hybridized carbons (Fsp3) is 0.300. The molecule has 7 heteroatoms. The average molecular weight is 259 g/mol. The SMILES string of the molecule is O=C(O)CS(=O)(=O)NCc1ccc(CO)cc1. The molecule has 0 saturated carbocycles. The van der Waals surface area contributed by atoms with E-state index >= 15 is 0 Å². The van der Waals surface area contributed by atoms with Gasteiger partial charge in [-0.1, -0.05) is 24.3 Å². The molecule has 0 radical (unpaired) electrons. The van der Waals surface area contributed by atoms with Crippen molar-refractivity contribution in [3.8, 4) is 0 Å². The van der Waals surface area contributed by atoms with Gasteiger partial charge >= 0.3 is 5.97 Å². The largest absolute Gasteiger partial charge is 0.480 e. The highest BCUT2D eigenvalue weighted by Gasteiger charge is 2.14. The first-order valence-electron chi connectivity index (χ1n) is 4.81. The summed E-state index contributed by atoms with van der Waals surface area (Å²) in [5.74, 6) is -2.34. The molecule has 0 aliphatic carbocycles. The number of carboxylic acids is 1. The highest BCUT2D eigenvalue weighted by molar-refractivity contribution is 7.90. The number of aliphatic hydroxyl groups excluding tert-OH is 1. The molecule has 0 aliphatic heterocycles. The molecule has 17 heavy (non-hydrogen) atoms. The van der Waals surface area contributed by atoms with Gasteiger partial charge in [0.15, 0.2) is 5.75 Å². The molecule has 0 saturated heterocycles. The Kier molecular flexibility index (Phi) is 4.62. The Morgan fingerprint density at radius 2 is 1.71 bits per heavy atom. The van der Waals surface area contributed by atoms with Crippen LogP contribution in [0.1, 0.15) is 11.1 Å². The average Bonchev–Trinajstić information content (AvgIpc) is 2.25. The monoisotopic (exact) mass is 259 g/mol. The van der Waals surface area contributed by atoms with E-state index in [1.54, 1.807) is 24.3 Å². The molecule has 6 nitrogen and oxygen atoms in total. The lowest BCUT2D eigenvalue weighted by atomic mass is 10.1. The Morgan fingerprint density at radius 1 is 1.18 bits per heavy atom. The summed E-state index contributed by atoms with van der Waals surface area (Å²) in [6, 6.07) is 6.66. The van der Waals surface area contributed by atoms with E-state index in [0.29, 0.717) is 5.56 Å². The molecule has 1 aromatic carbocycles. The summed E-state index contributed by atoms with van der Waals surface area (Å²) in [5, 5.41) is 17.2. The lowest BCUT2D eigenvalue weighted by Gasteiger charge is -2.05. The summed E-state index contributed by atoms with van der Waals surface area (Å²) in [5.41, 5.74) is 1.42. The molecule has 3 N–H and O–H groups in total. The van der Waals surface area contributed by atoms with Crippen LogP contribution in [0.4, 0.5) is 0 Å². The summed E-state index contributed by atoms with van der Waals surface area (Å²) in [6.07, 6.45) is 0. The van der Waals surface area contributed by atoms with E-state index in [-0.39, 0.29) is 13.2 Å². The number of nitrogens with one attached hydrogen (secondary N) is 1. The van der Waals surface area contributed by atoms with Gasteiger partial charge in [0, 0.05) is 6.54 Å². The lowest BCUT2D eigenvalue weighted by molar-refractivity contribution is -0.134. The van der Waals surface area contributed by atoms with E-state index in [2.05, 4.69) is 4.72 Å². The number of carboxylic acid groups (broad SMARTS) is 1. The molecule has 0 unspecified atom stereocenters. The highest BCUT2D eigenvalue weighted by atomic mass is 32.2. The lowest BCUT2D eigenvalue weighted by Crippen LogP contribution is -2.29. The van der Waals surface area contributed by atoms with Gasteiger partial charge in [-0.05, 0) is 11.1 Å². The van der Waals surface area contributed by atoms with Crippen molar-refractivity contribution in [2.24, 2.45) is 0 Å². The molecule has 0 amide bonds. The second-order valence-corrected chi connectivity index (χ2v) is 5.26. The summed E-state index contributed by atoms with van der Waals surface area (Å²) < 4.78 is 24.6. The van der Waals surface area contributed by atoms with Gasteiger partial charge in [0.2, 0.25) is 10.0 Å². The Labute approximate surface area is 99.0 Å². The molecule has 0 atom stereocenters. The summed E-state index contributed by atoms with van der Waals surface area (Å²) in [4.78, 5) is 10.3. The molecule has 0 heterocycles. The van der Waals surface area contributed by atoms with E-state index in [9.17, 15) is 13.2 Å². The quantitative estimate of drug-likeness (QED) is 0.649. The van der Waals surface area contributed by atoms with E-state index in [0.717, 1.165) is 5.56 Å². The number of rotatable bonds is 6. The highest BCUT2D eigenvalue weighted by Crippen LogP contribution is 2.04. The number of hydrogen-bond donors (Lipinski definition) is 3. The van der Waals surface area contributed by atoms with Gasteiger partial charge in [0.25, 0.3) is 0 Å². The van der Waals surface area contributed by atoms with Crippen LogP contribution < -0.4 is 4.72 Å². The van der Waals surface area contributed by atoms with Gasteiger partial charge in [-0.3, -0.25) is 4.79 Å². The zero-order valence-corrected chi connectivity index (χ0v) is 9.77. The van der Waals surface area contributed by atoms with Crippen molar-refractivity contribution < 1.29 is 23.4 Å². The van der Waals surface area contributed by atoms with Crippen molar-refractivity contribution in [3.05, 3.63) is 35.4 Å². The normalized spacial score (nSPS) is 11.4. The molecule has 1 aromatic rings. The van der Waals surface area contributed by atoms with Crippen LogP contribution in [0.15, 0.2) is 24.3 Å². The maximum Gasteiger partial charge on any atom is 0.320 e. The second kappa shape index (κ2) is 5.76. The zero-order chi connectivity index (χ0) is 12.9. The summed E-state index contributed by atoms with van der Waals surface area (Å²) in [7, 11) is -3.79. The van der Waals surface area contributed by atoms with Crippen molar-refractivity contribution in [2.75, 3.05) is 5.75 Å². The fourth-order valence-electron chi connectivity index (χ4n) is 1.17. The number of benzene rings is 1. The molecular formula is C10H13NO5S. The van der Waals surface area contributed by atoms with E-state index < -0.39 is 21.7 Å². The molecule has 1 rings (SSSR count). The van der Waals surface area contributed by atoms with Crippen molar-refractivity contribution >= 4 is 16.0 Å². The molecule has 94 valence electrons. The van der Waals surface area contributed by atoms with Gasteiger partial charge in [-0.15, -0.1) is 0 Å². The Balaban J connectivity index is 2.58. The van der Waals surface area contributed by atoms with Crippen LogP contribution in [-0.4, -0.2) is 30.4 Å². The van der Waals surface area contributed by atoms with Gasteiger partial charge in [-0.2, -0.15) is 0 Å². The number of sulfonamides is 1. The van der Waals surface area contributed by atoms with Crippen LogP contribution in [0.3, 0.4) is 0 Å². The van der Waals surface area contributed by atoms with Crippen LogP contribution in [0.5, 0.6) is 0 Å². The minimum absolute atomic E-state index is 0.0291. The number of aliphatic carboxylic acids is 1. The van der Waals surface area contributed by atoms with Crippen molar-refractivity contribution in [1.82, 2.24) is 4.72 Å². The molecule has 0 bridgehead atoms. The topological polar surface area (TPSA) is 104 Å². The molecule has 0 aromatic heterocycles. The third kappa shape index (κ3) is 4.94. The third-order valence-corrected chi connectivity index (χ3v) is 3.23. The molecular weight excluding hydrogens is 246 g/mol. The van der Waals surface area contributed by atoms with Crippen LogP contribution in [0.25, 0.3) is 0 Å². The molecule has 0 fully saturated rings. The minimum atomic E-state index is -3.79. The standard InChI is InChI=1S/C10H13NO5S/c12-6-9-3-1-8(2-4-9)5-11-17(15,16)7-10(13)14/h1-4,11-12H,5-7H2,(H,13,14).